The van der Waals surface area contributed by atoms with Gasteiger partial charge in [0.1, 0.15) is 6.04 Å². The molecule has 2 rings (SSSR count). The van der Waals surface area contributed by atoms with Gasteiger partial charge >= 0.3 is 5.97 Å². The van der Waals surface area contributed by atoms with E-state index in [-0.39, 0.29) is 12.7 Å². The normalized spacial score (nSPS) is 13.3. The van der Waals surface area contributed by atoms with Crippen molar-refractivity contribution in [1.82, 2.24) is 10.6 Å². The maximum atomic E-state index is 11.7. The van der Waals surface area contributed by atoms with Gasteiger partial charge in [-0.05, 0) is 37.1 Å². The standard InChI is InChI=1S/C18H22N2O6/c1-3-8-19-18(23)12(2)20-16(21)10-24-17(22)7-5-13-4-6-14-15(9-13)26-11-25-14/h4-7,9,12H,3,8,10-11H2,1-2H3,(H,19,23)(H,20,21)/b7-5+/t12-/m1/s1. The van der Waals surface area contributed by atoms with E-state index in [0.717, 1.165) is 12.0 Å². The van der Waals surface area contributed by atoms with Gasteiger partial charge < -0.3 is 24.8 Å². The van der Waals surface area contributed by atoms with Gasteiger partial charge in [-0.25, -0.2) is 4.79 Å². The molecule has 1 atom stereocenters. The Morgan fingerprint density at radius 2 is 2.04 bits per heavy atom. The summed E-state index contributed by atoms with van der Waals surface area (Å²) in [4.78, 5) is 35.1. The summed E-state index contributed by atoms with van der Waals surface area (Å²) in [5, 5.41) is 5.13. The predicted octanol–water partition coefficient (Wildman–Crippen LogP) is 1.00. The molecule has 2 amide bonds. The highest BCUT2D eigenvalue weighted by molar-refractivity contribution is 5.91. The SMILES string of the molecule is CCCNC(=O)[C@@H](C)NC(=O)COC(=O)/C=C/c1ccc2c(c1)OCO2. The minimum atomic E-state index is -0.697. The van der Waals surface area contributed by atoms with Crippen molar-refractivity contribution in [1.29, 1.82) is 0 Å². The second-order valence-electron chi connectivity index (χ2n) is 5.63. The monoisotopic (exact) mass is 362 g/mol. The van der Waals surface area contributed by atoms with E-state index in [1.807, 2.05) is 6.92 Å². The molecule has 26 heavy (non-hydrogen) atoms. The van der Waals surface area contributed by atoms with Crippen LogP contribution in [-0.2, 0) is 19.1 Å². The topological polar surface area (TPSA) is 103 Å². The van der Waals surface area contributed by atoms with Gasteiger partial charge in [-0.1, -0.05) is 13.0 Å². The van der Waals surface area contributed by atoms with E-state index in [2.05, 4.69) is 10.6 Å². The molecule has 1 heterocycles. The molecule has 0 fully saturated rings. The van der Waals surface area contributed by atoms with Crippen molar-refractivity contribution in [2.24, 2.45) is 0 Å². The Bertz CT molecular complexity index is 701. The second kappa shape index (κ2) is 9.45. The summed E-state index contributed by atoms with van der Waals surface area (Å²) in [6.07, 6.45) is 3.56. The zero-order valence-corrected chi connectivity index (χ0v) is 14.7. The summed E-state index contributed by atoms with van der Waals surface area (Å²) in [7, 11) is 0. The van der Waals surface area contributed by atoms with Gasteiger partial charge in [0.2, 0.25) is 12.7 Å². The lowest BCUT2D eigenvalue weighted by atomic mass is 10.2. The molecule has 0 aliphatic carbocycles. The van der Waals surface area contributed by atoms with Crippen molar-refractivity contribution >= 4 is 23.9 Å². The number of rotatable bonds is 8. The summed E-state index contributed by atoms with van der Waals surface area (Å²) in [6, 6.07) is 4.54. The largest absolute Gasteiger partial charge is 0.454 e. The third-order valence-electron chi connectivity index (χ3n) is 3.47. The van der Waals surface area contributed by atoms with Crippen molar-refractivity contribution in [3.05, 3.63) is 29.8 Å². The summed E-state index contributed by atoms with van der Waals surface area (Å²) >= 11 is 0. The Kier molecular flexibility index (Phi) is 7.02. The maximum Gasteiger partial charge on any atom is 0.331 e. The fourth-order valence-electron chi connectivity index (χ4n) is 2.12. The fourth-order valence-corrected chi connectivity index (χ4v) is 2.12. The van der Waals surface area contributed by atoms with Crippen LogP contribution in [0.15, 0.2) is 24.3 Å². The lowest BCUT2D eigenvalue weighted by molar-refractivity contribution is -0.144. The van der Waals surface area contributed by atoms with E-state index in [9.17, 15) is 14.4 Å². The number of benzene rings is 1. The fraction of sp³-hybridized carbons (Fsp3) is 0.389. The molecule has 0 saturated carbocycles. The first-order valence-corrected chi connectivity index (χ1v) is 8.31. The Morgan fingerprint density at radius 1 is 1.27 bits per heavy atom. The van der Waals surface area contributed by atoms with Gasteiger partial charge in [-0.2, -0.15) is 0 Å². The van der Waals surface area contributed by atoms with Crippen LogP contribution in [0.4, 0.5) is 0 Å². The van der Waals surface area contributed by atoms with Crippen molar-refractivity contribution < 1.29 is 28.6 Å². The molecule has 0 unspecified atom stereocenters. The van der Waals surface area contributed by atoms with E-state index in [4.69, 9.17) is 14.2 Å². The summed E-state index contributed by atoms with van der Waals surface area (Å²) in [5.74, 6) is -0.238. The van der Waals surface area contributed by atoms with Crippen LogP contribution < -0.4 is 20.1 Å². The molecular formula is C18H22N2O6. The van der Waals surface area contributed by atoms with Crippen molar-refractivity contribution in [2.45, 2.75) is 26.3 Å². The van der Waals surface area contributed by atoms with Crippen molar-refractivity contribution in [3.8, 4) is 11.5 Å². The van der Waals surface area contributed by atoms with E-state index >= 15 is 0 Å². The molecule has 140 valence electrons. The van der Waals surface area contributed by atoms with Crippen LogP contribution in [0.5, 0.6) is 11.5 Å². The van der Waals surface area contributed by atoms with E-state index in [0.29, 0.717) is 18.0 Å². The third kappa shape index (κ3) is 5.80. The molecule has 1 aromatic carbocycles. The Balaban J connectivity index is 1.74. The summed E-state index contributed by atoms with van der Waals surface area (Å²) in [5.41, 5.74) is 0.733. The molecular weight excluding hydrogens is 340 g/mol. The number of carbonyl (C=O) groups excluding carboxylic acids is 3. The first-order valence-electron chi connectivity index (χ1n) is 8.31. The molecule has 0 aromatic heterocycles. The van der Waals surface area contributed by atoms with Crippen LogP contribution in [0, 0.1) is 0 Å². The number of hydrogen-bond acceptors (Lipinski definition) is 6. The number of fused-ring (bicyclic) bond motifs is 1. The Morgan fingerprint density at radius 3 is 2.81 bits per heavy atom. The summed E-state index contributed by atoms with van der Waals surface area (Å²) in [6.45, 7) is 3.74. The predicted molar refractivity (Wildman–Crippen MR) is 93.5 cm³/mol. The van der Waals surface area contributed by atoms with Crippen LogP contribution in [0.25, 0.3) is 6.08 Å². The third-order valence-corrected chi connectivity index (χ3v) is 3.47. The minimum absolute atomic E-state index is 0.175. The second-order valence-corrected chi connectivity index (χ2v) is 5.63. The number of amides is 2. The first kappa shape index (κ1) is 19.3. The van der Waals surface area contributed by atoms with Crippen LogP contribution in [-0.4, -0.2) is 43.8 Å². The number of ether oxygens (including phenoxy) is 3. The quantitative estimate of drug-likeness (QED) is 0.528. The lowest BCUT2D eigenvalue weighted by Gasteiger charge is -2.13. The van der Waals surface area contributed by atoms with Crippen LogP contribution in [0.2, 0.25) is 0 Å². The number of carbonyl (C=O) groups is 3. The summed E-state index contributed by atoms with van der Waals surface area (Å²) < 4.78 is 15.3. The lowest BCUT2D eigenvalue weighted by Crippen LogP contribution is -2.46. The molecule has 1 aromatic rings. The van der Waals surface area contributed by atoms with E-state index < -0.39 is 24.5 Å². The maximum absolute atomic E-state index is 11.7. The minimum Gasteiger partial charge on any atom is -0.454 e. The molecule has 1 aliphatic rings. The van der Waals surface area contributed by atoms with Gasteiger partial charge in [0.05, 0.1) is 0 Å². The molecule has 0 saturated heterocycles. The van der Waals surface area contributed by atoms with Crippen LogP contribution in [0.3, 0.4) is 0 Å². The number of esters is 1. The van der Waals surface area contributed by atoms with Crippen LogP contribution >= 0.6 is 0 Å². The first-order chi connectivity index (χ1) is 12.5. The van der Waals surface area contributed by atoms with Gasteiger partial charge in [0.25, 0.3) is 5.91 Å². The van der Waals surface area contributed by atoms with E-state index in [1.165, 1.54) is 6.08 Å². The van der Waals surface area contributed by atoms with Gasteiger partial charge in [-0.3, -0.25) is 9.59 Å². The highest BCUT2D eigenvalue weighted by Crippen LogP contribution is 2.32. The smallest absolute Gasteiger partial charge is 0.331 e. The van der Waals surface area contributed by atoms with Crippen molar-refractivity contribution in [2.75, 3.05) is 19.9 Å². The molecule has 2 N–H and O–H groups in total. The Hall–Kier alpha value is -3.03. The van der Waals surface area contributed by atoms with Gasteiger partial charge in [-0.15, -0.1) is 0 Å². The molecule has 8 heteroatoms. The Labute approximate surface area is 151 Å². The molecule has 0 bridgehead atoms. The molecule has 0 radical (unpaired) electrons. The number of hydrogen-bond donors (Lipinski definition) is 2. The zero-order valence-electron chi connectivity index (χ0n) is 14.7. The van der Waals surface area contributed by atoms with Gasteiger partial charge in [0, 0.05) is 12.6 Å². The molecule has 0 spiro atoms. The zero-order chi connectivity index (χ0) is 18.9. The highest BCUT2D eigenvalue weighted by atomic mass is 16.7. The average molecular weight is 362 g/mol. The number of nitrogens with one attached hydrogen (secondary N) is 2. The molecule has 8 nitrogen and oxygen atoms in total. The highest BCUT2D eigenvalue weighted by Gasteiger charge is 2.16. The van der Waals surface area contributed by atoms with Gasteiger partial charge in [0.15, 0.2) is 18.1 Å². The van der Waals surface area contributed by atoms with E-state index in [1.54, 1.807) is 31.2 Å². The van der Waals surface area contributed by atoms with Crippen molar-refractivity contribution in [3.63, 3.8) is 0 Å². The van der Waals surface area contributed by atoms with Crippen LogP contribution in [0.1, 0.15) is 25.8 Å². The molecule has 1 aliphatic heterocycles. The average Bonchev–Trinajstić information content (AvgIpc) is 3.10.